The van der Waals surface area contributed by atoms with Crippen LogP contribution in [-0.2, 0) is 9.05 Å². The van der Waals surface area contributed by atoms with E-state index in [0.29, 0.717) is 42.0 Å². The van der Waals surface area contributed by atoms with Gasteiger partial charge in [-0.1, -0.05) is 12.1 Å². The minimum atomic E-state index is -4.84. The van der Waals surface area contributed by atoms with Gasteiger partial charge in [0, 0.05) is 51.3 Å². The zero-order valence-corrected chi connectivity index (χ0v) is 24.6. The molecule has 2 aromatic heterocycles. The first-order valence-electron chi connectivity index (χ1n) is 13.3. The van der Waals surface area contributed by atoms with Crippen LogP contribution in [0.25, 0.3) is 11.0 Å². The van der Waals surface area contributed by atoms with Crippen molar-refractivity contribution in [1.82, 2.24) is 19.9 Å². The second-order valence-electron chi connectivity index (χ2n) is 9.94. The monoisotopic (exact) mass is 603 g/mol. The molecule has 1 aliphatic rings. The van der Waals surface area contributed by atoms with Gasteiger partial charge in [0.2, 0.25) is 14.3 Å². The molecule has 10 nitrogen and oxygen atoms in total. The third-order valence-electron chi connectivity index (χ3n) is 7.08. The van der Waals surface area contributed by atoms with Crippen LogP contribution in [0.3, 0.4) is 0 Å². The predicted octanol–water partition coefficient (Wildman–Crippen LogP) is 6.10. The SMILES string of the molecule is COP(OC)c1ccccc1Nc1nc(Nc2ccc(N3CCC(N(C)C)CC3)c(OC(F)(F)F)c2)nc2[nH]ccc12. The number of nitrogens with one attached hydrogen (secondary N) is 3. The molecule has 5 rings (SSSR count). The van der Waals surface area contributed by atoms with Gasteiger partial charge in [-0.3, -0.25) is 0 Å². The number of para-hydroxylation sites is 1. The Balaban J connectivity index is 1.44. The molecule has 0 aliphatic carbocycles. The van der Waals surface area contributed by atoms with E-state index in [9.17, 15) is 13.2 Å². The van der Waals surface area contributed by atoms with Crippen molar-refractivity contribution in [2.75, 3.05) is 56.9 Å². The Hall–Kier alpha value is -3.64. The Morgan fingerprint density at radius 2 is 1.74 bits per heavy atom. The van der Waals surface area contributed by atoms with Crippen LogP contribution >= 0.6 is 8.38 Å². The second-order valence-corrected chi connectivity index (χ2v) is 11.7. The van der Waals surface area contributed by atoms with Gasteiger partial charge in [-0.15, -0.1) is 13.2 Å². The fourth-order valence-electron chi connectivity index (χ4n) is 5.04. The van der Waals surface area contributed by atoms with Gasteiger partial charge in [-0.2, -0.15) is 9.97 Å². The van der Waals surface area contributed by atoms with Gasteiger partial charge < -0.3 is 39.2 Å². The first kappa shape index (κ1) is 29.8. The molecule has 42 heavy (non-hydrogen) atoms. The van der Waals surface area contributed by atoms with Crippen LogP contribution in [0.4, 0.5) is 42.0 Å². The Kier molecular flexibility index (Phi) is 9.02. The van der Waals surface area contributed by atoms with E-state index >= 15 is 0 Å². The molecule has 0 amide bonds. The van der Waals surface area contributed by atoms with Gasteiger partial charge >= 0.3 is 6.36 Å². The topological polar surface area (TPSA) is 99.8 Å². The zero-order valence-electron chi connectivity index (χ0n) is 23.7. The van der Waals surface area contributed by atoms with Crippen LogP contribution < -0.4 is 25.6 Å². The Labute approximate surface area is 243 Å². The van der Waals surface area contributed by atoms with E-state index in [4.69, 9.17) is 9.05 Å². The minimum absolute atomic E-state index is 0.184. The number of halogens is 3. The lowest BCUT2D eigenvalue weighted by Crippen LogP contribution is -2.42. The lowest BCUT2D eigenvalue weighted by molar-refractivity contribution is -0.274. The molecule has 1 fully saturated rings. The number of nitrogens with zero attached hydrogens (tertiary/aromatic N) is 4. The molecule has 2 aromatic carbocycles. The molecule has 3 heterocycles. The molecule has 4 aromatic rings. The molecule has 0 unspecified atom stereocenters. The fraction of sp³-hybridized carbons (Fsp3) is 0.357. The van der Waals surface area contributed by atoms with E-state index in [1.165, 1.54) is 6.07 Å². The van der Waals surface area contributed by atoms with Crippen molar-refractivity contribution in [3.8, 4) is 5.75 Å². The summed E-state index contributed by atoms with van der Waals surface area (Å²) < 4.78 is 55.8. The summed E-state index contributed by atoms with van der Waals surface area (Å²) in [4.78, 5) is 16.3. The maximum atomic E-state index is 13.4. The normalized spacial score (nSPS) is 14.6. The highest BCUT2D eigenvalue weighted by Gasteiger charge is 2.34. The summed E-state index contributed by atoms with van der Waals surface area (Å²) in [5.74, 6) is 0.394. The molecule has 1 aliphatic heterocycles. The lowest BCUT2D eigenvalue weighted by Gasteiger charge is -2.37. The number of anilines is 5. The molecule has 0 atom stereocenters. The number of H-pyrrole nitrogens is 1. The smallest absolute Gasteiger partial charge is 0.403 e. The molecule has 0 radical (unpaired) electrons. The van der Waals surface area contributed by atoms with Crippen LogP contribution in [0.15, 0.2) is 54.7 Å². The van der Waals surface area contributed by atoms with Crippen molar-refractivity contribution in [3.05, 3.63) is 54.7 Å². The molecular weight excluding hydrogens is 570 g/mol. The van der Waals surface area contributed by atoms with Crippen molar-refractivity contribution in [2.24, 2.45) is 0 Å². The summed E-state index contributed by atoms with van der Waals surface area (Å²) >= 11 is 0. The fourth-order valence-corrected chi connectivity index (χ4v) is 6.12. The van der Waals surface area contributed by atoms with E-state index in [0.717, 1.165) is 29.2 Å². The minimum Gasteiger partial charge on any atom is -0.403 e. The number of hydrogen-bond acceptors (Lipinski definition) is 9. The Morgan fingerprint density at radius 1 is 1.00 bits per heavy atom. The average Bonchev–Trinajstić information content (AvgIpc) is 3.43. The number of aromatic amines is 1. The van der Waals surface area contributed by atoms with E-state index in [1.807, 2.05) is 49.3 Å². The van der Waals surface area contributed by atoms with Gasteiger partial charge in [-0.05, 0) is 57.3 Å². The number of rotatable bonds is 10. The summed E-state index contributed by atoms with van der Waals surface area (Å²) in [6.45, 7) is 1.25. The van der Waals surface area contributed by atoms with E-state index in [-0.39, 0.29) is 11.7 Å². The molecule has 1 saturated heterocycles. The molecule has 0 saturated carbocycles. The number of fused-ring (bicyclic) bond motifs is 1. The summed E-state index contributed by atoms with van der Waals surface area (Å²) in [6.07, 6.45) is -1.42. The lowest BCUT2D eigenvalue weighted by atomic mass is 10.0. The average molecular weight is 604 g/mol. The van der Waals surface area contributed by atoms with Crippen LogP contribution in [0, 0.1) is 0 Å². The van der Waals surface area contributed by atoms with Crippen molar-refractivity contribution >= 4 is 53.5 Å². The highest BCUT2D eigenvalue weighted by atomic mass is 31.2. The van der Waals surface area contributed by atoms with E-state index < -0.39 is 14.7 Å². The molecule has 14 heteroatoms. The number of aromatic nitrogens is 3. The highest BCUT2D eigenvalue weighted by Crippen LogP contribution is 2.40. The number of piperidine rings is 1. The van der Waals surface area contributed by atoms with Crippen LogP contribution in [0.5, 0.6) is 5.75 Å². The predicted molar refractivity (Wildman–Crippen MR) is 160 cm³/mol. The molecule has 3 N–H and O–H groups in total. The summed E-state index contributed by atoms with van der Waals surface area (Å²) in [5.41, 5.74) is 2.02. The van der Waals surface area contributed by atoms with Crippen molar-refractivity contribution in [1.29, 1.82) is 0 Å². The molecule has 0 spiro atoms. The summed E-state index contributed by atoms with van der Waals surface area (Å²) in [5, 5.41) is 7.95. The van der Waals surface area contributed by atoms with Crippen molar-refractivity contribution in [3.63, 3.8) is 0 Å². The zero-order chi connectivity index (χ0) is 29.9. The summed E-state index contributed by atoms with van der Waals surface area (Å²) in [7, 11) is 5.87. The van der Waals surface area contributed by atoms with Gasteiger partial charge in [0.1, 0.15) is 11.5 Å². The standard InChI is InChI=1S/C28H33F3N7O3P/c1-37(2)19-12-15-38(16-13-19)22-10-9-18(17-23(22)41-28(29,30)31)33-27-35-25-20(11-14-32-25)26(36-27)34-21-7-5-6-8-24(21)42(39-3)40-4/h5-11,14,17,19H,12-13,15-16H2,1-4H3,(H3,32,33,34,35,36). The van der Waals surface area contributed by atoms with E-state index in [1.54, 1.807) is 32.5 Å². The quantitative estimate of drug-likeness (QED) is 0.186. The number of benzene rings is 2. The largest absolute Gasteiger partial charge is 0.573 e. The second kappa shape index (κ2) is 12.7. The van der Waals surface area contributed by atoms with Gasteiger partial charge in [0.25, 0.3) is 0 Å². The molecule has 224 valence electrons. The summed E-state index contributed by atoms with van der Waals surface area (Å²) in [6, 6.07) is 14.5. The first-order valence-corrected chi connectivity index (χ1v) is 14.5. The third kappa shape index (κ3) is 6.87. The first-order chi connectivity index (χ1) is 20.1. The highest BCUT2D eigenvalue weighted by molar-refractivity contribution is 7.56. The van der Waals surface area contributed by atoms with Crippen LogP contribution in [0.2, 0.25) is 0 Å². The number of hydrogen-bond donors (Lipinski definition) is 3. The Bertz CT molecular complexity index is 1510. The van der Waals surface area contributed by atoms with Crippen LogP contribution in [0.1, 0.15) is 12.8 Å². The maximum Gasteiger partial charge on any atom is 0.573 e. The number of alkyl halides is 3. The number of ether oxygens (including phenoxy) is 1. The maximum absolute atomic E-state index is 13.4. The Morgan fingerprint density at radius 3 is 2.43 bits per heavy atom. The van der Waals surface area contributed by atoms with Gasteiger partial charge in [-0.25, -0.2) is 0 Å². The van der Waals surface area contributed by atoms with E-state index in [2.05, 4.69) is 35.2 Å². The molecular formula is C28H33F3N7O3P. The van der Waals surface area contributed by atoms with Crippen LogP contribution in [-0.4, -0.2) is 73.7 Å². The molecule has 0 bridgehead atoms. The third-order valence-corrected chi connectivity index (χ3v) is 8.52. The van der Waals surface area contributed by atoms with Gasteiger partial charge in [0.15, 0.2) is 5.75 Å². The van der Waals surface area contributed by atoms with Crippen molar-refractivity contribution < 1.29 is 27.0 Å². The van der Waals surface area contributed by atoms with Gasteiger partial charge in [0.05, 0.1) is 22.1 Å². The van der Waals surface area contributed by atoms with Crippen molar-refractivity contribution in [2.45, 2.75) is 25.2 Å².